The molecule has 0 radical (unpaired) electrons. The summed E-state index contributed by atoms with van der Waals surface area (Å²) in [7, 11) is 0. The van der Waals surface area contributed by atoms with Crippen molar-refractivity contribution in [2.24, 2.45) is 0 Å². The third kappa shape index (κ3) is 11.4. The molecule has 76 valence electrons. The van der Waals surface area contributed by atoms with Crippen LogP contribution in [0.4, 0.5) is 0 Å². The van der Waals surface area contributed by atoms with E-state index in [1.807, 2.05) is 12.2 Å². The van der Waals surface area contributed by atoms with Gasteiger partial charge in [0.05, 0.1) is 0 Å². The van der Waals surface area contributed by atoms with E-state index in [9.17, 15) is 0 Å². The number of hydrogen-bond donors (Lipinski definition) is 1. The molecule has 0 aliphatic heterocycles. The highest BCUT2D eigenvalue weighted by Gasteiger charge is 1.82. The Morgan fingerprint density at radius 2 is 1.62 bits per heavy atom. The fourth-order valence-corrected chi connectivity index (χ4v) is 1.11. The first-order chi connectivity index (χ1) is 6.41. The summed E-state index contributed by atoms with van der Waals surface area (Å²) in [5, 5.41) is 8.49. The Morgan fingerprint density at radius 1 is 0.923 bits per heavy atom. The van der Waals surface area contributed by atoms with Gasteiger partial charge in [-0.3, -0.25) is 0 Å². The van der Waals surface area contributed by atoms with Crippen molar-refractivity contribution in [1.29, 1.82) is 0 Å². The van der Waals surface area contributed by atoms with E-state index < -0.39 is 0 Å². The zero-order chi connectivity index (χ0) is 9.78. The van der Waals surface area contributed by atoms with Gasteiger partial charge in [0.2, 0.25) is 0 Å². The van der Waals surface area contributed by atoms with Crippen LogP contribution in [0.25, 0.3) is 0 Å². The zero-order valence-corrected chi connectivity index (χ0v) is 8.71. The lowest BCUT2D eigenvalue weighted by Crippen LogP contribution is -1.74. The Hall–Kier alpha value is -0.560. The van der Waals surface area contributed by atoms with E-state index in [0.29, 0.717) is 0 Å². The summed E-state index contributed by atoms with van der Waals surface area (Å²) in [6, 6.07) is 0. The second kappa shape index (κ2) is 11.4. The standard InChI is InChI=1S/C12H22O/c1-2-3-4-5-6-7-8-9-10-11-12-13/h7-10,13H,2-6,11-12H2,1H3/b8-7-,10-9-. The minimum absolute atomic E-state index is 0.251. The first-order valence-electron chi connectivity index (χ1n) is 5.34. The lowest BCUT2D eigenvalue weighted by Gasteiger charge is -1.92. The van der Waals surface area contributed by atoms with Gasteiger partial charge in [-0.05, 0) is 19.3 Å². The molecule has 0 saturated heterocycles. The van der Waals surface area contributed by atoms with Gasteiger partial charge < -0.3 is 5.11 Å². The summed E-state index contributed by atoms with van der Waals surface area (Å²) in [5.74, 6) is 0. The average Bonchev–Trinajstić information content (AvgIpc) is 2.16. The second-order valence-electron chi connectivity index (χ2n) is 3.22. The summed E-state index contributed by atoms with van der Waals surface area (Å²) in [5.41, 5.74) is 0. The van der Waals surface area contributed by atoms with E-state index in [0.717, 1.165) is 6.42 Å². The van der Waals surface area contributed by atoms with Gasteiger partial charge in [0.1, 0.15) is 0 Å². The molecule has 0 saturated carbocycles. The topological polar surface area (TPSA) is 20.2 Å². The number of aliphatic hydroxyl groups is 1. The van der Waals surface area contributed by atoms with Crippen LogP contribution in [0.3, 0.4) is 0 Å². The number of unbranched alkanes of at least 4 members (excludes halogenated alkanes) is 4. The van der Waals surface area contributed by atoms with Gasteiger partial charge in [-0.1, -0.05) is 50.5 Å². The third-order valence-electron chi connectivity index (χ3n) is 1.90. The molecule has 1 nitrogen and oxygen atoms in total. The molecule has 0 unspecified atom stereocenters. The maximum Gasteiger partial charge on any atom is 0.0465 e. The molecule has 0 aliphatic rings. The van der Waals surface area contributed by atoms with Crippen molar-refractivity contribution < 1.29 is 5.11 Å². The van der Waals surface area contributed by atoms with Crippen molar-refractivity contribution in [3.05, 3.63) is 24.3 Å². The van der Waals surface area contributed by atoms with Gasteiger partial charge >= 0.3 is 0 Å². The van der Waals surface area contributed by atoms with E-state index in [4.69, 9.17) is 5.11 Å². The Kier molecular flexibility index (Phi) is 10.9. The number of aliphatic hydroxyl groups excluding tert-OH is 1. The fourth-order valence-electron chi connectivity index (χ4n) is 1.11. The van der Waals surface area contributed by atoms with E-state index in [-0.39, 0.29) is 6.61 Å². The molecule has 0 amide bonds. The smallest absolute Gasteiger partial charge is 0.0465 e. The van der Waals surface area contributed by atoms with Crippen molar-refractivity contribution >= 4 is 0 Å². The van der Waals surface area contributed by atoms with Crippen LogP contribution in [0.5, 0.6) is 0 Å². The SMILES string of the molecule is CCCCCC/C=C\C=C/CCO. The number of hydrogen-bond acceptors (Lipinski definition) is 1. The maximum atomic E-state index is 8.49. The quantitative estimate of drug-likeness (QED) is 0.450. The maximum absolute atomic E-state index is 8.49. The predicted octanol–water partition coefficient (Wildman–Crippen LogP) is 3.45. The van der Waals surface area contributed by atoms with Crippen LogP contribution in [-0.4, -0.2) is 11.7 Å². The Balaban J connectivity index is 3.12. The third-order valence-corrected chi connectivity index (χ3v) is 1.90. The van der Waals surface area contributed by atoms with Crippen LogP contribution in [0, 0.1) is 0 Å². The van der Waals surface area contributed by atoms with Crippen molar-refractivity contribution in [3.8, 4) is 0 Å². The summed E-state index contributed by atoms with van der Waals surface area (Å²) >= 11 is 0. The molecule has 0 heterocycles. The molecule has 0 fully saturated rings. The molecule has 1 heteroatoms. The van der Waals surface area contributed by atoms with Crippen molar-refractivity contribution in [3.63, 3.8) is 0 Å². The monoisotopic (exact) mass is 182 g/mol. The summed E-state index contributed by atoms with van der Waals surface area (Å²) < 4.78 is 0. The predicted molar refractivity (Wildman–Crippen MR) is 58.7 cm³/mol. The van der Waals surface area contributed by atoms with Crippen LogP contribution in [0.1, 0.15) is 45.4 Å². The van der Waals surface area contributed by atoms with Crippen LogP contribution in [0.15, 0.2) is 24.3 Å². The molecule has 13 heavy (non-hydrogen) atoms. The van der Waals surface area contributed by atoms with Gasteiger partial charge in [-0.25, -0.2) is 0 Å². The fraction of sp³-hybridized carbons (Fsp3) is 0.667. The largest absolute Gasteiger partial charge is 0.396 e. The van der Waals surface area contributed by atoms with E-state index >= 15 is 0 Å². The highest BCUT2D eigenvalue weighted by Crippen LogP contribution is 2.02. The molecule has 1 N–H and O–H groups in total. The van der Waals surface area contributed by atoms with Gasteiger partial charge in [-0.2, -0.15) is 0 Å². The van der Waals surface area contributed by atoms with Gasteiger partial charge in [0, 0.05) is 6.61 Å². The molecular formula is C12H22O. The van der Waals surface area contributed by atoms with Crippen LogP contribution < -0.4 is 0 Å². The lowest BCUT2D eigenvalue weighted by molar-refractivity contribution is 0.302. The first-order valence-corrected chi connectivity index (χ1v) is 5.34. The molecule has 0 rings (SSSR count). The van der Waals surface area contributed by atoms with Crippen LogP contribution in [0.2, 0.25) is 0 Å². The van der Waals surface area contributed by atoms with Gasteiger partial charge in [0.15, 0.2) is 0 Å². The molecule has 0 aromatic rings. The van der Waals surface area contributed by atoms with Crippen molar-refractivity contribution in [2.75, 3.05) is 6.61 Å². The van der Waals surface area contributed by atoms with Crippen molar-refractivity contribution in [2.45, 2.75) is 45.4 Å². The molecular weight excluding hydrogens is 160 g/mol. The van der Waals surface area contributed by atoms with Gasteiger partial charge in [-0.15, -0.1) is 0 Å². The van der Waals surface area contributed by atoms with E-state index in [2.05, 4.69) is 19.1 Å². The molecule has 0 spiro atoms. The summed E-state index contributed by atoms with van der Waals surface area (Å²) in [6.45, 7) is 2.48. The minimum atomic E-state index is 0.251. The van der Waals surface area contributed by atoms with E-state index in [1.165, 1.54) is 32.1 Å². The van der Waals surface area contributed by atoms with Crippen LogP contribution in [-0.2, 0) is 0 Å². The molecule has 0 bridgehead atoms. The van der Waals surface area contributed by atoms with Crippen LogP contribution >= 0.6 is 0 Å². The normalized spacial score (nSPS) is 11.8. The zero-order valence-electron chi connectivity index (χ0n) is 8.71. The number of allylic oxidation sites excluding steroid dienone is 3. The molecule has 0 aliphatic carbocycles. The second-order valence-corrected chi connectivity index (χ2v) is 3.22. The Bertz CT molecular complexity index is 136. The average molecular weight is 182 g/mol. The number of rotatable bonds is 8. The lowest BCUT2D eigenvalue weighted by atomic mass is 10.1. The van der Waals surface area contributed by atoms with Crippen molar-refractivity contribution in [1.82, 2.24) is 0 Å². The molecule has 0 aromatic carbocycles. The van der Waals surface area contributed by atoms with E-state index in [1.54, 1.807) is 0 Å². The Morgan fingerprint density at radius 3 is 2.23 bits per heavy atom. The minimum Gasteiger partial charge on any atom is -0.396 e. The summed E-state index contributed by atoms with van der Waals surface area (Å²) in [6.07, 6.45) is 15.5. The highest BCUT2D eigenvalue weighted by molar-refractivity contribution is 5.02. The highest BCUT2D eigenvalue weighted by atomic mass is 16.2. The first kappa shape index (κ1) is 12.4. The summed E-state index contributed by atoms with van der Waals surface area (Å²) in [4.78, 5) is 0. The van der Waals surface area contributed by atoms with Gasteiger partial charge in [0.25, 0.3) is 0 Å². The Labute approximate surface area is 82.2 Å². The molecule has 0 atom stereocenters. The molecule has 0 aromatic heterocycles.